The molecule has 0 bridgehead atoms. The molecule has 2 aromatic carbocycles. The van der Waals surface area contributed by atoms with E-state index in [9.17, 15) is 4.79 Å². The molecule has 0 aliphatic carbocycles. The van der Waals surface area contributed by atoms with Crippen molar-refractivity contribution in [1.82, 2.24) is 0 Å². The number of rotatable bonds is 6. The number of halogens is 2. The molecule has 0 aliphatic rings. The fourth-order valence-corrected chi connectivity index (χ4v) is 4.09. The van der Waals surface area contributed by atoms with Crippen molar-refractivity contribution in [3.8, 4) is 5.75 Å². The quantitative estimate of drug-likeness (QED) is 0.596. The van der Waals surface area contributed by atoms with Gasteiger partial charge in [-0.25, -0.2) is 0 Å². The van der Waals surface area contributed by atoms with Gasteiger partial charge in [0.25, 0.3) is 5.91 Å². The zero-order valence-electron chi connectivity index (χ0n) is 14.8. The SMILES string of the molecule is CCN(CC)c1ccc(NC(=O)c2cc(Br)cc(Br)c2OC)c(C)c1. The molecular weight excluding hydrogens is 448 g/mol. The van der Waals surface area contributed by atoms with Crippen LogP contribution in [0.25, 0.3) is 0 Å². The topological polar surface area (TPSA) is 41.6 Å². The summed E-state index contributed by atoms with van der Waals surface area (Å²) in [6.07, 6.45) is 0. The molecule has 0 heterocycles. The summed E-state index contributed by atoms with van der Waals surface area (Å²) in [6, 6.07) is 9.67. The predicted octanol–water partition coefficient (Wildman–Crippen LogP) is 5.63. The lowest BCUT2D eigenvalue weighted by Crippen LogP contribution is -2.22. The molecule has 134 valence electrons. The molecule has 0 radical (unpaired) electrons. The Morgan fingerprint density at radius 1 is 1.16 bits per heavy atom. The van der Waals surface area contributed by atoms with E-state index in [0.29, 0.717) is 11.3 Å². The summed E-state index contributed by atoms with van der Waals surface area (Å²) in [5.41, 5.74) is 3.43. The van der Waals surface area contributed by atoms with Crippen LogP contribution in [0.2, 0.25) is 0 Å². The fourth-order valence-electron chi connectivity index (χ4n) is 2.70. The molecule has 0 fully saturated rings. The molecule has 4 nitrogen and oxygen atoms in total. The lowest BCUT2D eigenvalue weighted by Gasteiger charge is -2.22. The predicted molar refractivity (Wildman–Crippen MR) is 111 cm³/mol. The first-order valence-corrected chi connectivity index (χ1v) is 9.69. The largest absolute Gasteiger partial charge is 0.495 e. The van der Waals surface area contributed by atoms with Gasteiger partial charge in [-0.15, -0.1) is 0 Å². The number of hydrogen-bond acceptors (Lipinski definition) is 3. The molecular formula is C19H22Br2N2O2. The van der Waals surface area contributed by atoms with Crippen molar-refractivity contribution in [1.29, 1.82) is 0 Å². The summed E-state index contributed by atoms with van der Waals surface area (Å²) in [6.45, 7) is 8.16. The zero-order valence-corrected chi connectivity index (χ0v) is 18.0. The van der Waals surface area contributed by atoms with Gasteiger partial charge in [0, 0.05) is 28.9 Å². The minimum Gasteiger partial charge on any atom is -0.495 e. The smallest absolute Gasteiger partial charge is 0.259 e. The monoisotopic (exact) mass is 468 g/mol. The number of carbonyl (C=O) groups is 1. The number of amides is 1. The molecule has 0 unspecified atom stereocenters. The van der Waals surface area contributed by atoms with Crippen LogP contribution in [0.4, 0.5) is 11.4 Å². The molecule has 1 N–H and O–H groups in total. The van der Waals surface area contributed by atoms with E-state index in [1.165, 1.54) is 0 Å². The van der Waals surface area contributed by atoms with Crippen LogP contribution in [0.5, 0.6) is 5.75 Å². The van der Waals surface area contributed by atoms with Crippen molar-refractivity contribution in [2.75, 3.05) is 30.4 Å². The summed E-state index contributed by atoms with van der Waals surface area (Å²) >= 11 is 6.84. The molecule has 0 atom stereocenters. The van der Waals surface area contributed by atoms with Crippen LogP contribution in [0.1, 0.15) is 29.8 Å². The van der Waals surface area contributed by atoms with Crippen LogP contribution in [-0.4, -0.2) is 26.1 Å². The Morgan fingerprint density at radius 2 is 1.84 bits per heavy atom. The lowest BCUT2D eigenvalue weighted by atomic mass is 10.1. The van der Waals surface area contributed by atoms with Gasteiger partial charge >= 0.3 is 0 Å². The molecule has 2 rings (SSSR count). The van der Waals surface area contributed by atoms with E-state index in [-0.39, 0.29) is 5.91 Å². The van der Waals surface area contributed by atoms with Crippen molar-refractivity contribution >= 4 is 49.1 Å². The molecule has 6 heteroatoms. The number of aryl methyl sites for hydroxylation is 1. The third-order valence-corrected chi connectivity index (χ3v) is 5.09. The molecule has 0 aliphatic heterocycles. The molecule has 0 saturated carbocycles. The van der Waals surface area contributed by atoms with Crippen LogP contribution in [-0.2, 0) is 0 Å². The Labute approximate surface area is 165 Å². The van der Waals surface area contributed by atoms with E-state index < -0.39 is 0 Å². The number of nitrogens with one attached hydrogen (secondary N) is 1. The third kappa shape index (κ3) is 4.55. The standard InChI is InChI=1S/C19H22Br2N2O2/c1-5-23(6-2)14-7-8-17(12(3)9-14)22-19(24)15-10-13(20)11-16(21)18(15)25-4/h7-11H,5-6H2,1-4H3,(H,22,24). The lowest BCUT2D eigenvalue weighted by molar-refractivity contribution is 0.102. The van der Waals surface area contributed by atoms with Gasteiger partial charge < -0.3 is 15.0 Å². The summed E-state index contributed by atoms with van der Waals surface area (Å²) in [5, 5.41) is 2.98. The third-order valence-electron chi connectivity index (χ3n) is 4.04. The minimum absolute atomic E-state index is 0.211. The molecule has 0 saturated heterocycles. The van der Waals surface area contributed by atoms with Gasteiger partial charge in [-0.1, -0.05) is 15.9 Å². The van der Waals surface area contributed by atoms with Gasteiger partial charge in [0.2, 0.25) is 0 Å². The number of benzene rings is 2. The van der Waals surface area contributed by atoms with Crippen LogP contribution in [0, 0.1) is 6.92 Å². The first kappa shape index (κ1) is 19.8. The van der Waals surface area contributed by atoms with E-state index in [4.69, 9.17) is 4.74 Å². The number of methoxy groups -OCH3 is 1. The highest BCUT2D eigenvalue weighted by atomic mass is 79.9. The Bertz CT molecular complexity index is 774. The van der Waals surface area contributed by atoms with Crippen molar-refractivity contribution in [2.45, 2.75) is 20.8 Å². The van der Waals surface area contributed by atoms with E-state index >= 15 is 0 Å². The van der Waals surface area contributed by atoms with Gasteiger partial charge in [-0.3, -0.25) is 4.79 Å². The van der Waals surface area contributed by atoms with Crippen molar-refractivity contribution in [2.24, 2.45) is 0 Å². The molecule has 0 spiro atoms. The summed E-state index contributed by atoms with van der Waals surface area (Å²) < 4.78 is 6.89. The van der Waals surface area contributed by atoms with E-state index in [0.717, 1.165) is 39.0 Å². The van der Waals surface area contributed by atoms with E-state index in [1.807, 2.05) is 25.1 Å². The van der Waals surface area contributed by atoms with Crippen molar-refractivity contribution < 1.29 is 9.53 Å². The van der Waals surface area contributed by atoms with Gasteiger partial charge in [0.05, 0.1) is 17.1 Å². The molecule has 2 aromatic rings. The minimum atomic E-state index is -0.211. The summed E-state index contributed by atoms with van der Waals surface area (Å²) in [4.78, 5) is 15.0. The second kappa shape index (κ2) is 8.72. The Balaban J connectivity index is 2.30. The molecule has 1 amide bonds. The van der Waals surface area contributed by atoms with E-state index in [1.54, 1.807) is 13.2 Å². The van der Waals surface area contributed by atoms with Crippen LogP contribution in [0.3, 0.4) is 0 Å². The first-order chi connectivity index (χ1) is 11.9. The molecule has 25 heavy (non-hydrogen) atoms. The van der Waals surface area contributed by atoms with Gasteiger partial charge in [-0.2, -0.15) is 0 Å². The van der Waals surface area contributed by atoms with Crippen LogP contribution < -0.4 is 15.0 Å². The van der Waals surface area contributed by atoms with Gasteiger partial charge in [-0.05, 0) is 72.6 Å². The Morgan fingerprint density at radius 3 is 2.40 bits per heavy atom. The number of anilines is 2. The average Bonchev–Trinajstić information content (AvgIpc) is 2.57. The number of ether oxygens (including phenoxy) is 1. The van der Waals surface area contributed by atoms with Crippen LogP contribution in [0.15, 0.2) is 39.3 Å². The zero-order chi connectivity index (χ0) is 18.6. The summed E-state index contributed by atoms with van der Waals surface area (Å²) in [7, 11) is 1.55. The Kier molecular flexibility index (Phi) is 6.90. The number of hydrogen-bond donors (Lipinski definition) is 1. The molecule has 0 aromatic heterocycles. The van der Waals surface area contributed by atoms with E-state index in [2.05, 4.69) is 62.0 Å². The first-order valence-electron chi connectivity index (χ1n) is 8.11. The van der Waals surface area contributed by atoms with Crippen molar-refractivity contribution in [3.05, 3.63) is 50.4 Å². The number of carbonyl (C=O) groups excluding carboxylic acids is 1. The van der Waals surface area contributed by atoms with Gasteiger partial charge in [0.15, 0.2) is 0 Å². The highest BCUT2D eigenvalue weighted by molar-refractivity contribution is 9.11. The fraction of sp³-hybridized carbons (Fsp3) is 0.316. The van der Waals surface area contributed by atoms with Crippen LogP contribution >= 0.6 is 31.9 Å². The highest BCUT2D eigenvalue weighted by Gasteiger charge is 2.17. The Hall–Kier alpha value is -1.53. The maximum absolute atomic E-state index is 12.7. The average molecular weight is 470 g/mol. The summed E-state index contributed by atoms with van der Waals surface area (Å²) in [5.74, 6) is 0.302. The maximum atomic E-state index is 12.7. The normalized spacial score (nSPS) is 10.5. The maximum Gasteiger partial charge on any atom is 0.259 e. The second-order valence-corrected chi connectivity index (χ2v) is 7.36. The second-order valence-electron chi connectivity index (χ2n) is 5.59. The van der Waals surface area contributed by atoms with Crippen molar-refractivity contribution in [3.63, 3.8) is 0 Å². The van der Waals surface area contributed by atoms with Gasteiger partial charge in [0.1, 0.15) is 5.75 Å². The highest BCUT2D eigenvalue weighted by Crippen LogP contribution is 2.33. The number of nitrogens with zero attached hydrogens (tertiary/aromatic N) is 1.